The van der Waals surface area contributed by atoms with Crippen molar-refractivity contribution in [3.05, 3.63) is 83.1 Å². The van der Waals surface area contributed by atoms with Crippen LogP contribution in [0.15, 0.2) is 66.9 Å². The van der Waals surface area contributed by atoms with Crippen LogP contribution in [0.25, 0.3) is 0 Å². The molecule has 7 heteroatoms. The maximum atomic E-state index is 12.6. The van der Waals surface area contributed by atoms with Crippen LogP contribution in [0.1, 0.15) is 16.1 Å². The van der Waals surface area contributed by atoms with Crippen LogP contribution in [0.3, 0.4) is 0 Å². The maximum absolute atomic E-state index is 12.6. The molecule has 2 heterocycles. The van der Waals surface area contributed by atoms with Crippen LogP contribution >= 0.6 is 11.6 Å². The zero-order chi connectivity index (χ0) is 20.8. The second-order valence-electron chi connectivity index (χ2n) is 7.07. The van der Waals surface area contributed by atoms with Crippen LogP contribution in [0.5, 0.6) is 0 Å². The highest BCUT2D eigenvalue weighted by Crippen LogP contribution is 2.28. The summed E-state index contributed by atoms with van der Waals surface area (Å²) in [5.41, 5.74) is 3.74. The average molecular weight is 423 g/mol. The third-order valence-corrected chi connectivity index (χ3v) is 5.18. The third-order valence-electron chi connectivity index (χ3n) is 4.85. The van der Waals surface area contributed by atoms with Crippen LogP contribution < -0.4 is 10.6 Å². The van der Waals surface area contributed by atoms with Gasteiger partial charge in [-0.2, -0.15) is 0 Å². The molecule has 6 nitrogen and oxygen atoms in total. The van der Waals surface area contributed by atoms with E-state index in [1.165, 1.54) is 0 Å². The van der Waals surface area contributed by atoms with E-state index in [1.807, 2.05) is 42.5 Å². The van der Waals surface area contributed by atoms with E-state index in [4.69, 9.17) is 16.3 Å². The number of carbonyl (C=O) groups is 1. The van der Waals surface area contributed by atoms with Crippen LogP contribution in [0.4, 0.5) is 17.1 Å². The number of nitrogens with zero attached hydrogens (tertiary/aromatic N) is 2. The number of rotatable bonds is 6. The van der Waals surface area contributed by atoms with E-state index in [0.717, 1.165) is 49.9 Å². The molecule has 0 unspecified atom stereocenters. The number of aromatic nitrogens is 1. The SMILES string of the molecule is O=C(Nc1ccc(Cl)c(Nc2ccccc2)c1)c1ccc(CN2CCOCC2)nc1. The van der Waals surface area contributed by atoms with E-state index in [1.54, 1.807) is 24.4 Å². The van der Waals surface area contributed by atoms with E-state index in [0.29, 0.717) is 16.3 Å². The monoisotopic (exact) mass is 422 g/mol. The third kappa shape index (κ3) is 5.36. The molecule has 0 saturated carbocycles. The smallest absolute Gasteiger partial charge is 0.257 e. The Hall–Kier alpha value is -2.93. The first-order chi connectivity index (χ1) is 14.7. The van der Waals surface area contributed by atoms with Crippen molar-refractivity contribution in [3.8, 4) is 0 Å². The summed E-state index contributed by atoms with van der Waals surface area (Å²) in [5.74, 6) is -0.214. The summed E-state index contributed by atoms with van der Waals surface area (Å²) in [6.45, 7) is 4.07. The number of amides is 1. The van der Waals surface area contributed by atoms with Gasteiger partial charge in [-0.15, -0.1) is 0 Å². The summed E-state index contributed by atoms with van der Waals surface area (Å²) in [6.07, 6.45) is 1.62. The Kier molecular flexibility index (Phi) is 6.59. The highest BCUT2D eigenvalue weighted by molar-refractivity contribution is 6.33. The molecule has 0 spiro atoms. The zero-order valence-electron chi connectivity index (χ0n) is 16.5. The van der Waals surface area contributed by atoms with Gasteiger partial charge in [0.1, 0.15) is 0 Å². The van der Waals surface area contributed by atoms with Crippen molar-refractivity contribution in [3.63, 3.8) is 0 Å². The molecule has 1 saturated heterocycles. The van der Waals surface area contributed by atoms with E-state index < -0.39 is 0 Å². The number of ether oxygens (including phenoxy) is 1. The Bertz CT molecular complexity index is 990. The zero-order valence-corrected chi connectivity index (χ0v) is 17.2. The summed E-state index contributed by atoms with van der Waals surface area (Å²) in [4.78, 5) is 19.4. The normalized spacial score (nSPS) is 14.3. The minimum Gasteiger partial charge on any atom is -0.379 e. The molecule has 3 aromatic rings. The van der Waals surface area contributed by atoms with Gasteiger partial charge in [0.25, 0.3) is 5.91 Å². The van der Waals surface area contributed by atoms with Gasteiger partial charge in [0.15, 0.2) is 0 Å². The van der Waals surface area contributed by atoms with Crippen molar-refractivity contribution in [1.29, 1.82) is 0 Å². The molecule has 0 atom stereocenters. The van der Waals surface area contributed by atoms with Gasteiger partial charge in [-0.3, -0.25) is 14.7 Å². The predicted octanol–water partition coefficient (Wildman–Crippen LogP) is 4.56. The highest BCUT2D eigenvalue weighted by atomic mass is 35.5. The first-order valence-electron chi connectivity index (χ1n) is 9.85. The Morgan fingerprint density at radius 1 is 1.03 bits per heavy atom. The molecule has 1 amide bonds. The number of hydrogen-bond donors (Lipinski definition) is 2. The van der Waals surface area contributed by atoms with Crippen molar-refractivity contribution < 1.29 is 9.53 Å². The summed E-state index contributed by atoms with van der Waals surface area (Å²) in [7, 11) is 0. The molecule has 4 rings (SSSR count). The number of halogens is 1. The van der Waals surface area contributed by atoms with Crippen molar-refractivity contribution in [2.45, 2.75) is 6.54 Å². The number of benzene rings is 2. The van der Waals surface area contributed by atoms with Crippen molar-refractivity contribution in [2.75, 3.05) is 36.9 Å². The quantitative estimate of drug-likeness (QED) is 0.609. The molecule has 2 aromatic carbocycles. The Morgan fingerprint density at radius 3 is 2.57 bits per heavy atom. The van der Waals surface area contributed by atoms with Gasteiger partial charge < -0.3 is 15.4 Å². The molecule has 0 radical (unpaired) electrons. The van der Waals surface area contributed by atoms with Gasteiger partial charge in [-0.05, 0) is 42.5 Å². The highest BCUT2D eigenvalue weighted by Gasteiger charge is 2.13. The molecule has 0 bridgehead atoms. The summed E-state index contributed by atoms with van der Waals surface area (Å²) < 4.78 is 5.37. The van der Waals surface area contributed by atoms with Crippen LogP contribution in [0, 0.1) is 0 Å². The van der Waals surface area contributed by atoms with Crippen LogP contribution in [-0.2, 0) is 11.3 Å². The van der Waals surface area contributed by atoms with Gasteiger partial charge in [-0.1, -0.05) is 29.8 Å². The molecule has 2 N–H and O–H groups in total. The molecule has 1 aliphatic heterocycles. The second-order valence-corrected chi connectivity index (χ2v) is 7.47. The van der Waals surface area contributed by atoms with E-state index >= 15 is 0 Å². The van der Waals surface area contributed by atoms with E-state index in [9.17, 15) is 4.79 Å². The fourth-order valence-corrected chi connectivity index (χ4v) is 3.38. The van der Waals surface area contributed by atoms with Crippen LogP contribution in [0.2, 0.25) is 5.02 Å². The van der Waals surface area contributed by atoms with Crippen molar-refractivity contribution >= 4 is 34.6 Å². The van der Waals surface area contributed by atoms with Crippen molar-refractivity contribution in [2.24, 2.45) is 0 Å². The lowest BCUT2D eigenvalue weighted by molar-refractivity contribution is 0.0336. The predicted molar refractivity (Wildman–Crippen MR) is 119 cm³/mol. The molecule has 0 aliphatic carbocycles. The summed E-state index contributed by atoms with van der Waals surface area (Å²) in [5, 5.41) is 6.75. The van der Waals surface area contributed by atoms with Gasteiger partial charge >= 0.3 is 0 Å². The van der Waals surface area contributed by atoms with Crippen molar-refractivity contribution in [1.82, 2.24) is 9.88 Å². The first kappa shape index (κ1) is 20.3. The molecule has 1 aromatic heterocycles. The Morgan fingerprint density at radius 2 is 1.83 bits per heavy atom. The minimum atomic E-state index is -0.214. The first-order valence-corrected chi connectivity index (χ1v) is 10.2. The standard InChI is InChI=1S/C23H23ClN4O2/c24-21-9-8-19(14-22(21)26-18-4-2-1-3-5-18)27-23(29)17-6-7-20(25-15-17)16-28-10-12-30-13-11-28/h1-9,14-15,26H,10-13,16H2,(H,27,29). The second kappa shape index (κ2) is 9.71. The summed E-state index contributed by atoms with van der Waals surface area (Å²) in [6, 6.07) is 18.8. The number of para-hydroxylation sites is 1. The molecule has 154 valence electrons. The fourth-order valence-electron chi connectivity index (χ4n) is 3.22. The molecule has 1 fully saturated rings. The number of hydrogen-bond acceptors (Lipinski definition) is 5. The largest absolute Gasteiger partial charge is 0.379 e. The van der Waals surface area contributed by atoms with E-state index in [-0.39, 0.29) is 5.91 Å². The molecule has 30 heavy (non-hydrogen) atoms. The van der Waals surface area contributed by atoms with Gasteiger partial charge in [0.2, 0.25) is 0 Å². The number of anilines is 3. The maximum Gasteiger partial charge on any atom is 0.257 e. The van der Waals surface area contributed by atoms with Gasteiger partial charge in [0, 0.05) is 37.2 Å². The van der Waals surface area contributed by atoms with Crippen LogP contribution in [-0.4, -0.2) is 42.1 Å². The molecular weight excluding hydrogens is 400 g/mol. The molecule has 1 aliphatic rings. The Balaban J connectivity index is 1.40. The number of morpholine rings is 1. The number of nitrogens with one attached hydrogen (secondary N) is 2. The lowest BCUT2D eigenvalue weighted by Gasteiger charge is -2.26. The van der Waals surface area contributed by atoms with E-state index in [2.05, 4.69) is 20.5 Å². The lowest BCUT2D eigenvalue weighted by atomic mass is 10.2. The minimum absolute atomic E-state index is 0.214. The van der Waals surface area contributed by atoms with Gasteiger partial charge in [-0.25, -0.2) is 0 Å². The average Bonchev–Trinajstić information content (AvgIpc) is 2.78. The summed E-state index contributed by atoms with van der Waals surface area (Å²) >= 11 is 6.30. The lowest BCUT2D eigenvalue weighted by Crippen LogP contribution is -2.35. The molecular formula is C23H23ClN4O2. The fraction of sp³-hybridized carbons (Fsp3) is 0.217. The van der Waals surface area contributed by atoms with Gasteiger partial charge in [0.05, 0.1) is 35.2 Å². The number of carbonyl (C=O) groups excluding carboxylic acids is 1. The topological polar surface area (TPSA) is 66.5 Å². The number of pyridine rings is 1. The Labute approximate surface area is 180 Å².